The first-order valence-corrected chi connectivity index (χ1v) is 12.6. The molecular weight excluding hydrogens is 554 g/mol. The number of pyridine rings is 1. The minimum absolute atomic E-state index is 0.0282. The fourth-order valence-electron chi connectivity index (χ4n) is 3.11. The third kappa shape index (κ3) is 6.11. The number of nitrogens with zero attached hydrogens (tertiary/aromatic N) is 1. The third-order valence-electron chi connectivity index (χ3n) is 4.49. The third-order valence-corrected chi connectivity index (χ3v) is 7.46. The molecule has 3 rings (SSSR count). The number of nitrogens with one attached hydrogen (secondary N) is 1. The smallest absolute Gasteiger partial charge is 0.413 e. The lowest BCUT2D eigenvalue weighted by molar-refractivity contribution is 0.0635. The summed E-state index contributed by atoms with van der Waals surface area (Å²) in [6.45, 7) is 5.03. The number of rotatable bonds is 5. The van der Waals surface area contributed by atoms with E-state index in [1.165, 1.54) is 36.5 Å². The van der Waals surface area contributed by atoms with E-state index >= 15 is 0 Å². The van der Waals surface area contributed by atoms with Crippen molar-refractivity contribution in [3.05, 3.63) is 87.0 Å². The normalized spacial score (nSPS) is 12.8. The largest absolute Gasteiger partial charge is 0.444 e. The van der Waals surface area contributed by atoms with E-state index in [9.17, 15) is 22.0 Å². The number of benzene rings is 2. The van der Waals surface area contributed by atoms with E-state index in [-0.39, 0.29) is 20.7 Å². The summed E-state index contributed by atoms with van der Waals surface area (Å²) in [7, 11) is -4.33. The molecule has 0 fully saturated rings. The number of aromatic nitrogens is 1. The van der Waals surface area contributed by atoms with Crippen LogP contribution in [0.1, 0.15) is 37.1 Å². The predicted molar refractivity (Wildman–Crippen MR) is 129 cm³/mol. The second-order valence-corrected chi connectivity index (χ2v) is 11.6. The first kappa shape index (κ1) is 26.1. The Kier molecular flexibility index (Phi) is 7.64. The molecule has 1 N–H and O–H groups in total. The van der Waals surface area contributed by atoms with Crippen molar-refractivity contribution in [1.82, 2.24) is 4.98 Å². The van der Waals surface area contributed by atoms with Crippen LogP contribution in [0.15, 0.2) is 64.1 Å². The molecule has 0 saturated carbocycles. The molecule has 2 aromatic carbocycles. The maximum absolute atomic E-state index is 14.9. The lowest BCUT2D eigenvalue weighted by Crippen LogP contribution is -2.27. The molecule has 0 aliphatic rings. The van der Waals surface area contributed by atoms with Gasteiger partial charge in [-0.25, -0.2) is 27.0 Å². The van der Waals surface area contributed by atoms with Gasteiger partial charge < -0.3 is 4.74 Å². The van der Waals surface area contributed by atoms with E-state index in [0.717, 1.165) is 18.2 Å². The van der Waals surface area contributed by atoms with Gasteiger partial charge in [0.05, 0.1) is 4.90 Å². The van der Waals surface area contributed by atoms with Crippen LogP contribution in [0, 0.1) is 11.6 Å². The summed E-state index contributed by atoms with van der Waals surface area (Å²) in [5.41, 5.74) is -1.17. The number of halogens is 4. The molecule has 3 aromatic rings. The molecule has 11 heteroatoms. The number of carbonyl (C=O) groups is 1. The molecular formula is C23H20BrClF2N2O4S. The summed E-state index contributed by atoms with van der Waals surface area (Å²) < 4.78 is 61.8. The van der Waals surface area contributed by atoms with Gasteiger partial charge in [-0.1, -0.05) is 11.6 Å². The van der Waals surface area contributed by atoms with Crippen molar-refractivity contribution in [1.29, 1.82) is 0 Å². The highest BCUT2D eigenvalue weighted by atomic mass is 79.9. The van der Waals surface area contributed by atoms with Gasteiger partial charge in [-0.2, -0.15) is 0 Å². The zero-order valence-electron chi connectivity index (χ0n) is 18.3. The Balaban J connectivity index is 2.18. The van der Waals surface area contributed by atoms with Gasteiger partial charge in [-0.3, -0.25) is 5.32 Å². The molecule has 1 amide bonds. The SMILES string of the molecule is CC(C)(C)OC(=O)Nc1cc(C(c2cc(F)ccc2F)S(=O)(=O)c2ccc(Cl)cc2)c(Br)cn1. The van der Waals surface area contributed by atoms with Crippen molar-refractivity contribution in [2.75, 3.05) is 5.32 Å². The highest BCUT2D eigenvalue weighted by molar-refractivity contribution is 9.10. The van der Waals surface area contributed by atoms with Crippen LogP contribution in [0.25, 0.3) is 0 Å². The van der Waals surface area contributed by atoms with Crippen LogP contribution in [0.3, 0.4) is 0 Å². The molecule has 34 heavy (non-hydrogen) atoms. The molecule has 0 radical (unpaired) electrons. The number of ether oxygens (including phenoxy) is 1. The quantitative estimate of drug-likeness (QED) is 0.368. The maximum atomic E-state index is 14.9. The van der Waals surface area contributed by atoms with E-state index in [0.29, 0.717) is 5.02 Å². The second-order valence-electron chi connectivity index (χ2n) is 8.26. The number of hydrogen-bond donors (Lipinski definition) is 1. The number of hydrogen-bond acceptors (Lipinski definition) is 5. The zero-order valence-corrected chi connectivity index (χ0v) is 21.4. The standard InChI is InChI=1S/C23H20BrClF2N2O4S/c1-23(2,3)33-22(30)29-20-11-16(18(24)12-28-20)21(17-10-14(26)6-9-19(17)27)34(31,32)15-7-4-13(25)5-8-15/h4-12,21H,1-3H3,(H,28,29,30). The molecule has 180 valence electrons. The van der Waals surface area contributed by atoms with E-state index in [2.05, 4.69) is 26.2 Å². The topological polar surface area (TPSA) is 85.4 Å². The van der Waals surface area contributed by atoms with Gasteiger partial charge in [0.25, 0.3) is 0 Å². The van der Waals surface area contributed by atoms with Crippen molar-refractivity contribution < 1.29 is 26.7 Å². The molecule has 1 unspecified atom stereocenters. The van der Waals surface area contributed by atoms with Gasteiger partial charge >= 0.3 is 6.09 Å². The van der Waals surface area contributed by atoms with Crippen LogP contribution < -0.4 is 5.32 Å². The van der Waals surface area contributed by atoms with E-state index in [4.69, 9.17) is 16.3 Å². The first-order valence-electron chi connectivity index (χ1n) is 9.88. The second kappa shape index (κ2) is 9.97. The van der Waals surface area contributed by atoms with Gasteiger partial charge in [-0.05, 0) is 90.8 Å². The highest BCUT2D eigenvalue weighted by Crippen LogP contribution is 2.40. The summed E-state index contributed by atoms with van der Waals surface area (Å²) >= 11 is 9.14. The van der Waals surface area contributed by atoms with Crippen LogP contribution >= 0.6 is 27.5 Å². The van der Waals surface area contributed by atoms with Crippen LogP contribution in [-0.4, -0.2) is 25.1 Å². The van der Waals surface area contributed by atoms with Gasteiger partial charge in [0.15, 0.2) is 9.84 Å². The van der Waals surface area contributed by atoms with Gasteiger partial charge in [0.2, 0.25) is 0 Å². The number of sulfone groups is 1. The number of carbonyl (C=O) groups excluding carboxylic acids is 1. The van der Waals surface area contributed by atoms with Crippen molar-refractivity contribution in [3.8, 4) is 0 Å². The Bertz CT molecular complexity index is 1330. The summed E-state index contributed by atoms with van der Waals surface area (Å²) in [6, 6.07) is 9.13. The molecule has 1 aromatic heterocycles. The maximum Gasteiger partial charge on any atom is 0.413 e. The molecule has 0 saturated heterocycles. The molecule has 0 aliphatic heterocycles. The first-order chi connectivity index (χ1) is 15.8. The molecule has 6 nitrogen and oxygen atoms in total. The summed E-state index contributed by atoms with van der Waals surface area (Å²) in [6.07, 6.45) is 0.436. The number of anilines is 1. The predicted octanol–water partition coefficient (Wildman–Crippen LogP) is 6.69. The minimum Gasteiger partial charge on any atom is -0.444 e. The number of amides is 1. The Morgan fingerprint density at radius 1 is 1.09 bits per heavy atom. The van der Waals surface area contributed by atoms with Crippen LogP contribution in [-0.2, 0) is 14.6 Å². The van der Waals surface area contributed by atoms with Gasteiger partial charge in [0.1, 0.15) is 28.3 Å². The fraction of sp³-hybridized carbons (Fsp3) is 0.217. The minimum atomic E-state index is -4.33. The Morgan fingerprint density at radius 2 is 1.74 bits per heavy atom. The summed E-state index contributed by atoms with van der Waals surface area (Å²) in [5, 5.41) is 1.05. The van der Waals surface area contributed by atoms with E-state index in [1.807, 2.05) is 0 Å². The Hall–Kier alpha value is -2.56. The molecule has 0 bridgehead atoms. The molecule has 0 spiro atoms. The average molecular weight is 574 g/mol. The Morgan fingerprint density at radius 3 is 2.35 bits per heavy atom. The molecule has 1 heterocycles. The molecule has 0 aliphatic carbocycles. The van der Waals surface area contributed by atoms with Crippen LogP contribution in [0.4, 0.5) is 19.4 Å². The molecule has 1 atom stereocenters. The van der Waals surface area contributed by atoms with Gasteiger partial charge in [-0.15, -0.1) is 0 Å². The zero-order chi connectivity index (χ0) is 25.3. The Labute approximate surface area is 209 Å². The highest BCUT2D eigenvalue weighted by Gasteiger charge is 2.35. The van der Waals surface area contributed by atoms with Crippen molar-refractivity contribution in [3.63, 3.8) is 0 Å². The average Bonchev–Trinajstić information content (AvgIpc) is 2.72. The lowest BCUT2D eigenvalue weighted by Gasteiger charge is -2.22. The lowest BCUT2D eigenvalue weighted by atomic mass is 10.0. The summed E-state index contributed by atoms with van der Waals surface area (Å²) in [5.74, 6) is -1.78. The van der Waals surface area contributed by atoms with E-state index < -0.39 is 44.0 Å². The fourth-order valence-corrected chi connectivity index (χ4v) is 5.66. The van der Waals surface area contributed by atoms with E-state index in [1.54, 1.807) is 20.8 Å². The van der Waals surface area contributed by atoms with Gasteiger partial charge in [0, 0.05) is 21.3 Å². The van der Waals surface area contributed by atoms with Crippen molar-refractivity contribution >= 4 is 49.3 Å². The van der Waals surface area contributed by atoms with Crippen LogP contribution in [0.2, 0.25) is 5.02 Å². The van der Waals surface area contributed by atoms with Crippen molar-refractivity contribution in [2.24, 2.45) is 0 Å². The summed E-state index contributed by atoms with van der Waals surface area (Å²) in [4.78, 5) is 16.1. The van der Waals surface area contributed by atoms with Crippen molar-refractivity contribution in [2.45, 2.75) is 36.5 Å². The van der Waals surface area contributed by atoms with Crippen LogP contribution in [0.5, 0.6) is 0 Å². The monoisotopic (exact) mass is 572 g/mol.